The van der Waals surface area contributed by atoms with Gasteiger partial charge in [0.25, 0.3) is 0 Å². The zero-order valence-corrected chi connectivity index (χ0v) is 7.26. The second kappa shape index (κ2) is 4.18. The summed E-state index contributed by atoms with van der Waals surface area (Å²) in [4.78, 5) is 0. The summed E-state index contributed by atoms with van der Waals surface area (Å²) in [5.74, 6) is -1.14. The summed E-state index contributed by atoms with van der Waals surface area (Å²) >= 11 is 0. The summed E-state index contributed by atoms with van der Waals surface area (Å²) in [5.41, 5.74) is 5.28. The van der Waals surface area contributed by atoms with Crippen LogP contribution in [-0.4, -0.2) is 12.6 Å². The van der Waals surface area contributed by atoms with Crippen LogP contribution < -0.4 is 10.5 Å². The normalized spacial score (nSPS) is 12.6. The van der Waals surface area contributed by atoms with E-state index in [9.17, 15) is 8.78 Å². The van der Waals surface area contributed by atoms with Crippen molar-refractivity contribution in [1.29, 1.82) is 0 Å². The quantitative estimate of drug-likeness (QED) is 0.781. The van der Waals surface area contributed by atoms with E-state index < -0.39 is 11.6 Å². The summed E-state index contributed by atoms with van der Waals surface area (Å²) in [7, 11) is 0. The average molecular weight is 187 g/mol. The topological polar surface area (TPSA) is 35.2 Å². The van der Waals surface area contributed by atoms with Crippen molar-refractivity contribution in [2.75, 3.05) is 6.54 Å². The van der Waals surface area contributed by atoms with E-state index in [-0.39, 0.29) is 11.9 Å². The van der Waals surface area contributed by atoms with Gasteiger partial charge in [-0.05, 0) is 6.92 Å². The molecule has 0 amide bonds. The molecule has 1 rings (SSSR count). The molecule has 0 saturated heterocycles. The third-order valence-electron chi connectivity index (χ3n) is 1.51. The molecule has 0 heterocycles. The van der Waals surface area contributed by atoms with Gasteiger partial charge in [0, 0.05) is 24.7 Å². The first kappa shape index (κ1) is 9.92. The van der Waals surface area contributed by atoms with E-state index >= 15 is 0 Å². The number of rotatable bonds is 3. The maximum absolute atomic E-state index is 12.6. The fourth-order valence-electron chi connectivity index (χ4n) is 0.877. The minimum Gasteiger partial charge on any atom is -0.489 e. The monoisotopic (exact) mass is 187 g/mol. The molecule has 0 bridgehead atoms. The SMILES string of the molecule is C[C@H](CN)Oc1cc(F)cc(F)c1. The second-order valence-electron chi connectivity index (χ2n) is 2.77. The summed E-state index contributed by atoms with van der Waals surface area (Å²) in [6, 6.07) is 3.03. The fraction of sp³-hybridized carbons (Fsp3) is 0.333. The molecule has 2 N–H and O–H groups in total. The lowest BCUT2D eigenvalue weighted by molar-refractivity contribution is 0.228. The highest BCUT2D eigenvalue weighted by atomic mass is 19.1. The summed E-state index contributed by atoms with van der Waals surface area (Å²) in [5, 5.41) is 0. The van der Waals surface area contributed by atoms with E-state index in [0.29, 0.717) is 6.54 Å². The molecule has 4 heteroatoms. The Morgan fingerprint density at radius 1 is 1.31 bits per heavy atom. The Morgan fingerprint density at radius 3 is 2.31 bits per heavy atom. The van der Waals surface area contributed by atoms with Crippen LogP contribution in [-0.2, 0) is 0 Å². The van der Waals surface area contributed by atoms with E-state index in [1.807, 2.05) is 0 Å². The van der Waals surface area contributed by atoms with Crippen LogP contribution in [0.5, 0.6) is 5.75 Å². The van der Waals surface area contributed by atoms with Crippen LogP contribution in [0.25, 0.3) is 0 Å². The number of hydrogen-bond donors (Lipinski definition) is 1. The van der Waals surface area contributed by atoms with E-state index in [1.165, 1.54) is 0 Å². The molecule has 72 valence electrons. The van der Waals surface area contributed by atoms with Crippen molar-refractivity contribution in [3.05, 3.63) is 29.8 Å². The van der Waals surface area contributed by atoms with Crippen molar-refractivity contribution < 1.29 is 13.5 Å². The predicted octanol–water partition coefficient (Wildman–Crippen LogP) is 1.69. The molecule has 1 atom stereocenters. The molecule has 0 radical (unpaired) electrons. The first-order valence-electron chi connectivity index (χ1n) is 3.94. The van der Waals surface area contributed by atoms with Gasteiger partial charge in [0.1, 0.15) is 23.5 Å². The van der Waals surface area contributed by atoms with Crippen molar-refractivity contribution in [1.82, 2.24) is 0 Å². The minimum atomic E-state index is -0.653. The molecule has 0 saturated carbocycles. The predicted molar refractivity (Wildman–Crippen MR) is 45.5 cm³/mol. The van der Waals surface area contributed by atoms with Crippen molar-refractivity contribution in [3.63, 3.8) is 0 Å². The minimum absolute atomic E-state index is 0.162. The van der Waals surface area contributed by atoms with Gasteiger partial charge in [0.15, 0.2) is 0 Å². The van der Waals surface area contributed by atoms with E-state index in [1.54, 1.807) is 6.92 Å². The first-order valence-corrected chi connectivity index (χ1v) is 3.94. The van der Waals surface area contributed by atoms with E-state index in [0.717, 1.165) is 18.2 Å². The highest BCUT2D eigenvalue weighted by Crippen LogP contribution is 2.16. The van der Waals surface area contributed by atoms with Gasteiger partial charge in [-0.15, -0.1) is 0 Å². The molecule has 0 fully saturated rings. The molecule has 13 heavy (non-hydrogen) atoms. The van der Waals surface area contributed by atoms with Crippen molar-refractivity contribution in [2.45, 2.75) is 13.0 Å². The van der Waals surface area contributed by atoms with Crippen molar-refractivity contribution in [2.24, 2.45) is 5.73 Å². The average Bonchev–Trinajstić information content (AvgIpc) is 2.02. The molecular formula is C9H11F2NO. The third-order valence-corrected chi connectivity index (χ3v) is 1.51. The largest absolute Gasteiger partial charge is 0.489 e. The first-order chi connectivity index (χ1) is 6.11. The van der Waals surface area contributed by atoms with Crippen LogP contribution in [0.15, 0.2) is 18.2 Å². The highest BCUT2D eigenvalue weighted by molar-refractivity contribution is 5.23. The van der Waals surface area contributed by atoms with Crippen LogP contribution >= 0.6 is 0 Å². The number of benzene rings is 1. The zero-order valence-electron chi connectivity index (χ0n) is 7.26. The van der Waals surface area contributed by atoms with Gasteiger partial charge in [-0.2, -0.15) is 0 Å². The summed E-state index contributed by atoms with van der Waals surface area (Å²) in [6.45, 7) is 2.03. The summed E-state index contributed by atoms with van der Waals surface area (Å²) in [6.07, 6.45) is -0.249. The van der Waals surface area contributed by atoms with Gasteiger partial charge < -0.3 is 10.5 Å². The smallest absolute Gasteiger partial charge is 0.129 e. The second-order valence-corrected chi connectivity index (χ2v) is 2.77. The molecule has 1 aromatic carbocycles. The Bertz CT molecular complexity index is 271. The van der Waals surface area contributed by atoms with Crippen molar-refractivity contribution >= 4 is 0 Å². The van der Waals surface area contributed by atoms with Crippen molar-refractivity contribution in [3.8, 4) is 5.75 Å². The Morgan fingerprint density at radius 2 is 1.85 bits per heavy atom. The van der Waals surface area contributed by atoms with Gasteiger partial charge in [-0.3, -0.25) is 0 Å². The molecule has 0 unspecified atom stereocenters. The maximum atomic E-state index is 12.6. The summed E-state index contributed by atoms with van der Waals surface area (Å²) < 4.78 is 30.4. The molecule has 1 aromatic rings. The van der Waals surface area contributed by atoms with Gasteiger partial charge in [-0.1, -0.05) is 0 Å². The van der Waals surface area contributed by atoms with Gasteiger partial charge in [0.2, 0.25) is 0 Å². The lowest BCUT2D eigenvalue weighted by Gasteiger charge is -2.12. The molecule has 0 aliphatic rings. The van der Waals surface area contributed by atoms with Crippen LogP contribution in [0.2, 0.25) is 0 Å². The Hall–Kier alpha value is -1.16. The van der Waals surface area contributed by atoms with Crippen LogP contribution in [0.4, 0.5) is 8.78 Å². The standard InChI is InChI=1S/C9H11F2NO/c1-6(5-12)13-9-3-7(10)2-8(11)4-9/h2-4,6H,5,12H2,1H3/t6-/m1/s1. The van der Waals surface area contributed by atoms with Gasteiger partial charge in [-0.25, -0.2) is 8.78 Å². The lowest BCUT2D eigenvalue weighted by Crippen LogP contribution is -2.22. The Labute approximate surface area is 75.3 Å². The fourth-order valence-corrected chi connectivity index (χ4v) is 0.877. The van der Waals surface area contributed by atoms with Crippen LogP contribution in [0.3, 0.4) is 0 Å². The number of hydrogen-bond acceptors (Lipinski definition) is 2. The van der Waals surface area contributed by atoms with Crippen LogP contribution in [0.1, 0.15) is 6.92 Å². The molecule has 2 nitrogen and oxygen atoms in total. The van der Waals surface area contributed by atoms with E-state index in [2.05, 4.69) is 0 Å². The van der Waals surface area contributed by atoms with E-state index in [4.69, 9.17) is 10.5 Å². The molecule has 0 aromatic heterocycles. The number of ether oxygens (including phenoxy) is 1. The van der Waals surface area contributed by atoms with Crippen LogP contribution in [0, 0.1) is 11.6 Å². The molecular weight excluding hydrogens is 176 g/mol. The van der Waals surface area contributed by atoms with Gasteiger partial charge >= 0.3 is 0 Å². The molecule has 0 spiro atoms. The molecule has 0 aliphatic heterocycles. The maximum Gasteiger partial charge on any atom is 0.129 e. The lowest BCUT2D eigenvalue weighted by atomic mass is 10.3. The Balaban J connectivity index is 2.77. The third kappa shape index (κ3) is 2.99. The zero-order chi connectivity index (χ0) is 9.84. The van der Waals surface area contributed by atoms with Gasteiger partial charge in [0.05, 0.1) is 0 Å². The molecule has 0 aliphatic carbocycles. The number of halogens is 2. The highest BCUT2D eigenvalue weighted by Gasteiger charge is 2.04. The Kier molecular flexibility index (Phi) is 3.19. The number of nitrogens with two attached hydrogens (primary N) is 1.